The number of ether oxygens (including phenoxy) is 1. The Hall–Kier alpha value is -2.93. The van der Waals surface area contributed by atoms with Crippen molar-refractivity contribution in [2.45, 2.75) is 89.3 Å². The fraction of sp³-hybridized carbons (Fsp3) is 0.559. The Morgan fingerprint density at radius 1 is 1.08 bits per heavy atom. The van der Waals surface area contributed by atoms with Gasteiger partial charge in [-0.25, -0.2) is 0 Å². The zero-order chi connectivity index (χ0) is 26.4. The first-order valence-corrected chi connectivity index (χ1v) is 14.7. The van der Waals surface area contributed by atoms with E-state index in [2.05, 4.69) is 61.5 Å². The van der Waals surface area contributed by atoms with Crippen LogP contribution in [0.3, 0.4) is 0 Å². The quantitative estimate of drug-likeness (QED) is 0.408. The second-order valence-electron chi connectivity index (χ2n) is 13.1. The molecule has 4 fully saturated rings. The van der Waals surface area contributed by atoms with Gasteiger partial charge in [0, 0.05) is 17.3 Å². The Labute approximate surface area is 228 Å². The number of anilines is 1. The second-order valence-corrected chi connectivity index (χ2v) is 13.1. The SMILES string of the molecule is C#CC(=O)N1[C@@H](CCC(C)C)Cc2cc(OC)ccc2[C@@H]1c1ccc(NC23CC4CC(CC(C4)C2)C3)cc1. The number of nitrogens with one attached hydrogen (secondary N) is 1. The monoisotopic (exact) mass is 510 g/mol. The lowest BCUT2D eigenvalue weighted by atomic mass is 9.53. The molecule has 2 aromatic rings. The second kappa shape index (κ2) is 9.99. The summed E-state index contributed by atoms with van der Waals surface area (Å²) in [5.74, 6) is 6.39. The van der Waals surface area contributed by atoms with Gasteiger partial charge in [0.25, 0.3) is 5.91 Å². The van der Waals surface area contributed by atoms with Crippen LogP contribution in [0.4, 0.5) is 5.69 Å². The third kappa shape index (κ3) is 4.70. The van der Waals surface area contributed by atoms with E-state index in [4.69, 9.17) is 11.2 Å². The van der Waals surface area contributed by atoms with Gasteiger partial charge in [-0.2, -0.15) is 0 Å². The van der Waals surface area contributed by atoms with Crippen molar-refractivity contribution in [1.29, 1.82) is 0 Å². The Kier molecular flexibility index (Phi) is 6.67. The lowest BCUT2D eigenvalue weighted by Crippen LogP contribution is -2.54. The molecule has 0 radical (unpaired) electrons. The van der Waals surface area contributed by atoms with E-state index in [-0.39, 0.29) is 23.5 Å². The molecule has 7 rings (SSSR count). The molecule has 2 aromatic carbocycles. The van der Waals surface area contributed by atoms with E-state index in [9.17, 15) is 4.79 Å². The normalized spacial score (nSPS) is 31.1. The first kappa shape index (κ1) is 25.4. The molecule has 38 heavy (non-hydrogen) atoms. The standard InChI is InChI=1S/C34H42N2O2/c1-5-32(37)36-29(11-6-22(2)3)17-27-18-30(38-4)12-13-31(27)33(36)26-7-9-28(10-8-26)35-34-19-23-14-24(20-34)16-25(15-23)21-34/h1,7-10,12-13,18,22-25,29,33,35H,6,11,14-17,19-21H2,2-4H3/t23?,24?,25?,29-,33-,34?/m0/s1. The zero-order valence-corrected chi connectivity index (χ0v) is 23.2. The average Bonchev–Trinajstić information content (AvgIpc) is 2.89. The van der Waals surface area contributed by atoms with Gasteiger partial charge in [-0.3, -0.25) is 4.79 Å². The zero-order valence-electron chi connectivity index (χ0n) is 23.2. The molecule has 1 aliphatic heterocycles. The predicted octanol–water partition coefficient (Wildman–Crippen LogP) is 6.99. The summed E-state index contributed by atoms with van der Waals surface area (Å²) in [6.07, 6.45) is 16.8. The van der Waals surface area contributed by atoms with Crippen molar-refractivity contribution in [2.24, 2.45) is 23.7 Å². The van der Waals surface area contributed by atoms with Crippen molar-refractivity contribution in [1.82, 2.24) is 4.90 Å². The van der Waals surface area contributed by atoms with E-state index in [1.807, 2.05) is 11.0 Å². The molecule has 1 N–H and O–H groups in total. The molecule has 1 heterocycles. The van der Waals surface area contributed by atoms with Crippen LogP contribution in [0, 0.1) is 36.0 Å². The molecule has 4 aliphatic carbocycles. The maximum absolute atomic E-state index is 13.3. The van der Waals surface area contributed by atoms with Crippen molar-refractivity contribution in [2.75, 3.05) is 12.4 Å². The van der Waals surface area contributed by atoms with Crippen LogP contribution in [0.15, 0.2) is 42.5 Å². The molecule has 2 atom stereocenters. The minimum atomic E-state index is -0.221. The van der Waals surface area contributed by atoms with Gasteiger partial charge in [0.05, 0.1) is 13.2 Å². The third-order valence-electron chi connectivity index (χ3n) is 9.88. The van der Waals surface area contributed by atoms with Gasteiger partial charge in [-0.1, -0.05) is 32.0 Å². The van der Waals surface area contributed by atoms with Crippen LogP contribution < -0.4 is 10.1 Å². The van der Waals surface area contributed by atoms with Crippen molar-refractivity contribution >= 4 is 11.6 Å². The molecular formula is C34H42N2O2. The number of nitrogens with zero attached hydrogens (tertiary/aromatic N) is 1. The summed E-state index contributed by atoms with van der Waals surface area (Å²) < 4.78 is 5.56. The van der Waals surface area contributed by atoms with Crippen LogP contribution in [-0.2, 0) is 11.2 Å². The molecule has 4 bridgehead atoms. The molecule has 0 unspecified atom stereocenters. The molecule has 200 valence electrons. The number of hydrogen-bond donors (Lipinski definition) is 1. The smallest absolute Gasteiger partial charge is 0.299 e. The fourth-order valence-electron chi connectivity index (χ4n) is 8.65. The van der Waals surface area contributed by atoms with Crippen molar-refractivity contribution in [3.05, 3.63) is 59.2 Å². The topological polar surface area (TPSA) is 41.6 Å². The number of fused-ring (bicyclic) bond motifs is 1. The van der Waals surface area contributed by atoms with Crippen LogP contribution >= 0.6 is 0 Å². The van der Waals surface area contributed by atoms with Gasteiger partial charge < -0.3 is 15.0 Å². The van der Waals surface area contributed by atoms with Crippen molar-refractivity contribution < 1.29 is 9.53 Å². The van der Waals surface area contributed by atoms with Gasteiger partial charge in [0.15, 0.2) is 0 Å². The van der Waals surface area contributed by atoms with Crippen LogP contribution in [0.2, 0.25) is 0 Å². The summed E-state index contributed by atoms with van der Waals surface area (Å²) in [7, 11) is 1.71. The largest absolute Gasteiger partial charge is 0.497 e. The number of carbonyl (C=O) groups is 1. The summed E-state index contributed by atoms with van der Waals surface area (Å²) in [5, 5.41) is 4.01. The summed E-state index contributed by atoms with van der Waals surface area (Å²) in [5.41, 5.74) is 4.99. The van der Waals surface area contributed by atoms with E-state index < -0.39 is 0 Å². The van der Waals surface area contributed by atoms with E-state index in [0.717, 1.165) is 53.9 Å². The van der Waals surface area contributed by atoms with E-state index in [1.54, 1.807) is 7.11 Å². The fourth-order valence-corrected chi connectivity index (χ4v) is 8.65. The molecule has 4 nitrogen and oxygen atoms in total. The first-order chi connectivity index (χ1) is 18.4. The van der Waals surface area contributed by atoms with Gasteiger partial charge >= 0.3 is 0 Å². The summed E-state index contributed by atoms with van der Waals surface area (Å²) in [6.45, 7) is 4.47. The van der Waals surface area contributed by atoms with E-state index in [0.29, 0.717) is 5.92 Å². The van der Waals surface area contributed by atoms with Gasteiger partial charge in [-0.05, 0) is 128 Å². The molecule has 5 aliphatic rings. The number of terminal acetylenes is 1. The molecular weight excluding hydrogens is 468 g/mol. The number of carbonyl (C=O) groups excluding carboxylic acids is 1. The molecule has 4 heteroatoms. The molecule has 4 saturated carbocycles. The van der Waals surface area contributed by atoms with Crippen LogP contribution in [-0.4, -0.2) is 29.5 Å². The van der Waals surface area contributed by atoms with E-state index in [1.165, 1.54) is 49.8 Å². The lowest BCUT2D eigenvalue weighted by Gasteiger charge is -2.57. The molecule has 0 aromatic heterocycles. The Balaban J connectivity index is 1.32. The summed E-state index contributed by atoms with van der Waals surface area (Å²) in [6, 6.07) is 15.0. The third-order valence-corrected chi connectivity index (χ3v) is 9.88. The maximum Gasteiger partial charge on any atom is 0.299 e. The minimum absolute atomic E-state index is 0.0652. The first-order valence-electron chi connectivity index (χ1n) is 14.7. The summed E-state index contributed by atoms with van der Waals surface area (Å²) in [4.78, 5) is 15.3. The van der Waals surface area contributed by atoms with Crippen LogP contribution in [0.5, 0.6) is 5.75 Å². The molecule has 1 amide bonds. The average molecular weight is 511 g/mol. The minimum Gasteiger partial charge on any atom is -0.497 e. The van der Waals surface area contributed by atoms with Gasteiger partial charge in [0.2, 0.25) is 0 Å². The Morgan fingerprint density at radius 2 is 1.74 bits per heavy atom. The summed E-state index contributed by atoms with van der Waals surface area (Å²) >= 11 is 0. The highest BCUT2D eigenvalue weighted by molar-refractivity contribution is 5.94. The van der Waals surface area contributed by atoms with Crippen molar-refractivity contribution in [3.8, 4) is 18.1 Å². The highest BCUT2D eigenvalue weighted by Crippen LogP contribution is 2.56. The maximum atomic E-state index is 13.3. The highest BCUT2D eigenvalue weighted by atomic mass is 16.5. The van der Waals surface area contributed by atoms with Crippen LogP contribution in [0.25, 0.3) is 0 Å². The Bertz CT molecular complexity index is 1190. The number of methoxy groups -OCH3 is 1. The number of hydrogen-bond acceptors (Lipinski definition) is 3. The van der Waals surface area contributed by atoms with E-state index >= 15 is 0 Å². The molecule has 0 saturated heterocycles. The van der Waals surface area contributed by atoms with Gasteiger partial charge in [-0.15, -0.1) is 6.42 Å². The number of rotatable bonds is 7. The highest BCUT2D eigenvalue weighted by Gasteiger charge is 2.51. The van der Waals surface area contributed by atoms with Crippen molar-refractivity contribution in [3.63, 3.8) is 0 Å². The number of benzene rings is 2. The lowest BCUT2D eigenvalue weighted by molar-refractivity contribution is -0.130. The number of amides is 1. The molecule has 0 spiro atoms. The predicted molar refractivity (Wildman–Crippen MR) is 153 cm³/mol. The van der Waals surface area contributed by atoms with Crippen LogP contribution in [0.1, 0.15) is 87.9 Å². The Morgan fingerprint density at radius 3 is 2.32 bits per heavy atom. The van der Waals surface area contributed by atoms with Gasteiger partial charge in [0.1, 0.15) is 5.75 Å².